The lowest BCUT2D eigenvalue weighted by molar-refractivity contribution is 0.0673. The van der Waals surface area contributed by atoms with Gasteiger partial charge in [0.15, 0.2) is 0 Å². The molecule has 0 amide bonds. The van der Waals surface area contributed by atoms with Gasteiger partial charge in [0.2, 0.25) is 5.76 Å². The molecule has 4 heteroatoms. The van der Waals surface area contributed by atoms with E-state index in [1.54, 1.807) is 6.07 Å². The molecule has 0 saturated carbocycles. The van der Waals surface area contributed by atoms with Crippen LogP contribution in [0.3, 0.4) is 0 Å². The van der Waals surface area contributed by atoms with Crippen LogP contribution in [-0.2, 0) is 6.54 Å². The molecule has 0 aromatic carbocycles. The van der Waals surface area contributed by atoms with Gasteiger partial charge in [-0.3, -0.25) is 4.90 Å². The van der Waals surface area contributed by atoms with Crippen molar-refractivity contribution in [2.75, 3.05) is 13.1 Å². The molecule has 1 aromatic heterocycles. The van der Waals surface area contributed by atoms with Crippen LogP contribution < -0.4 is 0 Å². The zero-order valence-electron chi connectivity index (χ0n) is 10.1. The highest BCUT2D eigenvalue weighted by molar-refractivity contribution is 5.19. The molecule has 92 valence electrons. The van der Waals surface area contributed by atoms with Crippen molar-refractivity contribution >= 4 is 0 Å². The monoisotopic (exact) mass is 234 g/mol. The van der Waals surface area contributed by atoms with Crippen LogP contribution in [0.1, 0.15) is 31.3 Å². The van der Waals surface area contributed by atoms with Gasteiger partial charge in [-0.2, -0.15) is 5.26 Å². The quantitative estimate of drug-likeness (QED) is 0.865. The van der Waals surface area contributed by atoms with E-state index < -0.39 is 0 Å². The zero-order chi connectivity index (χ0) is 12.3. The maximum absolute atomic E-state index is 9.52. The van der Waals surface area contributed by atoms with Crippen LogP contribution in [-0.4, -0.2) is 29.2 Å². The molecule has 17 heavy (non-hydrogen) atoms. The molecule has 1 aromatic rings. The molecule has 1 saturated heterocycles. The molecule has 1 aliphatic rings. The van der Waals surface area contributed by atoms with E-state index in [1.807, 2.05) is 19.1 Å². The predicted octanol–water partition coefficient (Wildman–Crippen LogP) is 1.74. The summed E-state index contributed by atoms with van der Waals surface area (Å²) in [5.74, 6) is 1.65. The van der Waals surface area contributed by atoms with Gasteiger partial charge in [0.05, 0.1) is 12.6 Å². The second-order valence-electron chi connectivity index (χ2n) is 4.73. The van der Waals surface area contributed by atoms with Crippen molar-refractivity contribution in [3.8, 4) is 6.07 Å². The fourth-order valence-electron chi connectivity index (χ4n) is 2.34. The number of likely N-dealkylation sites (tertiary alicyclic amines) is 1. The van der Waals surface area contributed by atoms with Gasteiger partial charge in [-0.1, -0.05) is 0 Å². The molecule has 1 unspecified atom stereocenters. The maximum atomic E-state index is 9.52. The Kier molecular flexibility index (Phi) is 3.82. The second kappa shape index (κ2) is 5.35. The fourth-order valence-corrected chi connectivity index (χ4v) is 2.34. The Bertz CT molecular complexity index is 398. The zero-order valence-corrected chi connectivity index (χ0v) is 10.1. The smallest absolute Gasteiger partial charge is 0.203 e. The molecule has 4 nitrogen and oxygen atoms in total. The van der Waals surface area contributed by atoms with Crippen molar-refractivity contribution in [3.63, 3.8) is 0 Å². The average Bonchev–Trinajstić information content (AvgIpc) is 2.77. The minimum atomic E-state index is -0.203. The Morgan fingerprint density at radius 2 is 2.24 bits per heavy atom. The minimum absolute atomic E-state index is 0.203. The molecule has 0 aliphatic carbocycles. The number of rotatable bonds is 3. The van der Waals surface area contributed by atoms with Crippen molar-refractivity contribution in [1.82, 2.24) is 4.90 Å². The van der Waals surface area contributed by atoms with Gasteiger partial charge in [0.25, 0.3) is 0 Å². The molecule has 1 fully saturated rings. The van der Waals surface area contributed by atoms with Crippen LogP contribution in [0.5, 0.6) is 0 Å². The van der Waals surface area contributed by atoms with E-state index in [1.165, 1.54) is 0 Å². The molecular formula is C13H18N2O2. The van der Waals surface area contributed by atoms with Crippen LogP contribution in [0.25, 0.3) is 0 Å². The minimum Gasteiger partial charge on any atom is -0.449 e. The summed E-state index contributed by atoms with van der Waals surface area (Å²) in [6.07, 6.45) is 1.86. The normalized spacial score (nSPS) is 20.1. The van der Waals surface area contributed by atoms with E-state index >= 15 is 0 Å². The van der Waals surface area contributed by atoms with E-state index in [0.717, 1.165) is 38.2 Å². The number of nitriles is 1. The Labute approximate surface area is 101 Å². The number of hydrogen-bond donors (Lipinski definition) is 1. The topological polar surface area (TPSA) is 60.4 Å². The molecule has 1 N–H and O–H groups in total. The molecule has 0 bridgehead atoms. The highest BCUT2D eigenvalue weighted by atomic mass is 16.3. The first kappa shape index (κ1) is 12.2. The Morgan fingerprint density at radius 1 is 1.53 bits per heavy atom. The lowest BCUT2D eigenvalue weighted by Gasteiger charge is -2.32. The highest BCUT2D eigenvalue weighted by Gasteiger charge is 2.23. The average molecular weight is 234 g/mol. The van der Waals surface area contributed by atoms with Gasteiger partial charge < -0.3 is 9.52 Å². The summed E-state index contributed by atoms with van der Waals surface area (Å²) in [6, 6.07) is 5.56. The van der Waals surface area contributed by atoms with E-state index in [2.05, 4.69) is 4.90 Å². The van der Waals surface area contributed by atoms with Crippen molar-refractivity contribution in [2.24, 2.45) is 5.92 Å². The molecule has 1 atom stereocenters. The first-order valence-corrected chi connectivity index (χ1v) is 6.08. The number of aliphatic hydroxyl groups excluding tert-OH is 1. The molecule has 0 radical (unpaired) electrons. The number of hydrogen-bond acceptors (Lipinski definition) is 4. The lowest BCUT2D eigenvalue weighted by Crippen LogP contribution is -2.36. The first-order chi connectivity index (χ1) is 8.19. The number of aliphatic hydroxyl groups is 1. The molecule has 2 rings (SSSR count). The van der Waals surface area contributed by atoms with Crippen LogP contribution in [0.15, 0.2) is 16.5 Å². The summed E-state index contributed by atoms with van der Waals surface area (Å²) >= 11 is 0. The Hall–Kier alpha value is -1.31. The third-order valence-electron chi connectivity index (χ3n) is 3.47. The van der Waals surface area contributed by atoms with Gasteiger partial charge in [-0.05, 0) is 50.9 Å². The van der Waals surface area contributed by atoms with Crippen molar-refractivity contribution in [2.45, 2.75) is 32.4 Å². The van der Waals surface area contributed by atoms with Crippen molar-refractivity contribution in [3.05, 3.63) is 23.7 Å². The summed E-state index contributed by atoms with van der Waals surface area (Å²) in [5.41, 5.74) is 0. The standard InChI is InChI=1S/C13H18N2O2/c1-10(16)11-4-6-15(7-5-11)9-13-3-2-12(8-14)17-13/h2-3,10-11,16H,4-7,9H2,1H3. The van der Waals surface area contributed by atoms with Crippen LogP contribution in [0, 0.1) is 17.2 Å². The molecule has 0 spiro atoms. The van der Waals surface area contributed by atoms with Gasteiger partial charge in [0.1, 0.15) is 11.8 Å². The van der Waals surface area contributed by atoms with Gasteiger partial charge >= 0.3 is 0 Å². The summed E-state index contributed by atoms with van der Waals surface area (Å²) in [5, 5.41) is 18.2. The SMILES string of the molecule is CC(O)C1CCN(Cc2ccc(C#N)o2)CC1. The van der Waals surface area contributed by atoms with Crippen LogP contribution >= 0.6 is 0 Å². The number of nitrogens with zero attached hydrogens (tertiary/aromatic N) is 2. The van der Waals surface area contributed by atoms with Gasteiger partial charge in [-0.15, -0.1) is 0 Å². The number of piperidine rings is 1. The van der Waals surface area contributed by atoms with Gasteiger partial charge in [0, 0.05) is 0 Å². The van der Waals surface area contributed by atoms with Crippen LogP contribution in [0.2, 0.25) is 0 Å². The second-order valence-corrected chi connectivity index (χ2v) is 4.73. The maximum Gasteiger partial charge on any atom is 0.203 e. The van der Waals surface area contributed by atoms with E-state index in [9.17, 15) is 5.11 Å². The van der Waals surface area contributed by atoms with Gasteiger partial charge in [-0.25, -0.2) is 0 Å². The Balaban J connectivity index is 1.84. The first-order valence-electron chi connectivity index (χ1n) is 6.08. The molecule has 2 heterocycles. The van der Waals surface area contributed by atoms with Crippen LogP contribution in [0.4, 0.5) is 0 Å². The van der Waals surface area contributed by atoms with Crippen molar-refractivity contribution in [1.29, 1.82) is 5.26 Å². The summed E-state index contributed by atoms with van der Waals surface area (Å²) < 4.78 is 5.36. The Morgan fingerprint density at radius 3 is 2.76 bits per heavy atom. The fraction of sp³-hybridized carbons (Fsp3) is 0.615. The van der Waals surface area contributed by atoms with E-state index in [0.29, 0.717) is 11.7 Å². The highest BCUT2D eigenvalue weighted by Crippen LogP contribution is 2.22. The predicted molar refractivity (Wildman–Crippen MR) is 63.1 cm³/mol. The number of furan rings is 1. The lowest BCUT2D eigenvalue weighted by atomic mass is 9.92. The van der Waals surface area contributed by atoms with Crippen molar-refractivity contribution < 1.29 is 9.52 Å². The molecular weight excluding hydrogens is 216 g/mol. The largest absolute Gasteiger partial charge is 0.449 e. The summed E-state index contributed by atoms with van der Waals surface area (Å²) in [4.78, 5) is 2.30. The summed E-state index contributed by atoms with van der Waals surface area (Å²) in [7, 11) is 0. The van der Waals surface area contributed by atoms with E-state index in [-0.39, 0.29) is 6.10 Å². The summed E-state index contributed by atoms with van der Waals surface area (Å²) in [6.45, 7) is 4.59. The third-order valence-corrected chi connectivity index (χ3v) is 3.47. The molecule has 1 aliphatic heterocycles. The van der Waals surface area contributed by atoms with E-state index in [4.69, 9.17) is 9.68 Å². The third kappa shape index (κ3) is 3.09.